The Morgan fingerprint density at radius 2 is 0.827 bits per heavy atom. The molecule has 0 saturated carbocycles. The molecule has 3 atom stereocenters. The van der Waals surface area contributed by atoms with Gasteiger partial charge in [-0.1, -0.05) is 235 Å². The summed E-state index contributed by atoms with van der Waals surface area (Å²) in [4.78, 5) is 37.7. The van der Waals surface area contributed by atoms with Gasteiger partial charge in [0.25, 0.3) is 0 Å². The number of hydrogen-bond acceptors (Lipinski definition) is 6. The maximum absolute atomic E-state index is 13.5. The normalized spacial score (nSPS) is 14.3. The molecular formula is C65H118N2O7P+. The summed E-state index contributed by atoms with van der Waals surface area (Å²) in [6.45, 7) is 6.92. The smallest absolute Gasteiger partial charge is 0.456 e. The molecule has 0 saturated heterocycles. The summed E-state index contributed by atoms with van der Waals surface area (Å²) in [5.41, 5.74) is 0. The number of nitrogens with zero attached hydrogens (tertiary/aromatic N) is 1. The molecule has 0 rings (SSSR count). The van der Waals surface area contributed by atoms with Crippen molar-refractivity contribution in [1.29, 1.82) is 0 Å². The molecule has 0 bridgehead atoms. The molecule has 3 unspecified atom stereocenters. The van der Waals surface area contributed by atoms with Crippen LogP contribution in [0.25, 0.3) is 0 Å². The van der Waals surface area contributed by atoms with E-state index in [9.17, 15) is 19.0 Å². The lowest BCUT2D eigenvalue weighted by Crippen LogP contribution is -2.47. The number of nitrogens with one attached hydrogen (secondary N) is 1. The molecule has 0 aliphatic carbocycles. The number of quaternary nitrogens is 1. The number of ether oxygens (including phenoxy) is 1. The molecule has 0 heterocycles. The third kappa shape index (κ3) is 55.7. The second kappa shape index (κ2) is 54.5. The first kappa shape index (κ1) is 72.2. The fraction of sp³-hybridized carbons (Fsp3) is 0.754. The summed E-state index contributed by atoms with van der Waals surface area (Å²) in [6, 6.07) is -0.876. The van der Waals surface area contributed by atoms with Crippen molar-refractivity contribution in [3.05, 3.63) is 85.1 Å². The van der Waals surface area contributed by atoms with Gasteiger partial charge < -0.3 is 19.4 Å². The Kier molecular flexibility index (Phi) is 52.5. The predicted octanol–water partition coefficient (Wildman–Crippen LogP) is 19.0. The monoisotopic (exact) mass is 1070 g/mol. The number of unbranched alkanes of at least 4 members (excludes halogenated alkanes) is 27. The fourth-order valence-corrected chi connectivity index (χ4v) is 9.23. The average molecular weight is 1070 g/mol. The van der Waals surface area contributed by atoms with Crippen LogP contribution in [0.15, 0.2) is 85.1 Å². The lowest BCUT2D eigenvalue weighted by Gasteiger charge is -2.27. The van der Waals surface area contributed by atoms with E-state index in [1.807, 2.05) is 33.3 Å². The molecule has 75 heavy (non-hydrogen) atoms. The number of rotatable bonds is 55. The molecule has 0 fully saturated rings. The number of phosphoric ester groups is 1. The summed E-state index contributed by atoms with van der Waals surface area (Å²) >= 11 is 0. The van der Waals surface area contributed by atoms with Gasteiger partial charge in [0.1, 0.15) is 19.3 Å². The first-order valence-corrected chi connectivity index (χ1v) is 32.4. The zero-order chi connectivity index (χ0) is 55.0. The Bertz CT molecular complexity index is 1560. The molecule has 0 aromatic rings. The Labute approximate surface area is 463 Å². The number of carbonyl (C=O) groups excluding carboxylic acids is 2. The van der Waals surface area contributed by atoms with Gasteiger partial charge >= 0.3 is 13.8 Å². The van der Waals surface area contributed by atoms with Crippen LogP contribution in [0.2, 0.25) is 0 Å². The van der Waals surface area contributed by atoms with Crippen LogP contribution >= 0.6 is 7.82 Å². The highest BCUT2D eigenvalue weighted by atomic mass is 31.2. The summed E-state index contributed by atoms with van der Waals surface area (Å²) in [6.07, 6.45) is 71.5. The molecule has 0 aliphatic rings. The maximum atomic E-state index is 13.5. The van der Waals surface area contributed by atoms with E-state index < -0.39 is 20.0 Å². The number of amides is 1. The predicted molar refractivity (Wildman–Crippen MR) is 323 cm³/mol. The van der Waals surface area contributed by atoms with Crippen LogP contribution in [-0.2, 0) is 27.9 Å². The zero-order valence-electron chi connectivity index (χ0n) is 49.5. The van der Waals surface area contributed by atoms with Gasteiger partial charge in [-0.25, -0.2) is 4.57 Å². The molecule has 0 spiro atoms. The highest BCUT2D eigenvalue weighted by Gasteiger charge is 2.30. The Morgan fingerprint density at radius 3 is 1.27 bits per heavy atom. The summed E-state index contributed by atoms with van der Waals surface area (Å²) in [5, 5.41) is 3.04. The van der Waals surface area contributed by atoms with Gasteiger partial charge in [-0.2, -0.15) is 0 Å². The van der Waals surface area contributed by atoms with E-state index in [2.05, 4.69) is 99.0 Å². The van der Waals surface area contributed by atoms with E-state index in [1.165, 1.54) is 141 Å². The van der Waals surface area contributed by atoms with Crippen molar-refractivity contribution in [1.82, 2.24) is 5.32 Å². The van der Waals surface area contributed by atoms with E-state index in [-0.39, 0.29) is 31.5 Å². The van der Waals surface area contributed by atoms with Crippen molar-refractivity contribution < 1.29 is 37.3 Å². The van der Waals surface area contributed by atoms with Crippen LogP contribution in [0.4, 0.5) is 0 Å². The first-order chi connectivity index (χ1) is 36.4. The van der Waals surface area contributed by atoms with Crippen LogP contribution in [0.3, 0.4) is 0 Å². The molecular weight excluding hydrogens is 952 g/mol. The topological polar surface area (TPSA) is 111 Å². The van der Waals surface area contributed by atoms with Crippen molar-refractivity contribution in [3.8, 4) is 0 Å². The number of carbonyl (C=O) groups is 2. The van der Waals surface area contributed by atoms with Crippen molar-refractivity contribution in [2.24, 2.45) is 0 Å². The van der Waals surface area contributed by atoms with Gasteiger partial charge in [0.05, 0.1) is 33.8 Å². The third-order valence-corrected chi connectivity index (χ3v) is 14.3. The van der Waals surface area contributed by atoms with Gasteiger partial charge in [0.2, 0.25) is 5.91 Å². The van der Waals surface area contributed by atoms with Gasteiger partial charge in [-0.15, -0.1) is 0 Å². The minimum absolute atomic E-state index is 0.0280. The van der Waals surface area contributed by atoms with Crippen molar-refractivity contribution in [2.75, 3.05) is 40.9 Å². The van der Waals surface area contributed by atoms with E-state index in [0.717, 1.165) is 83.5 Å². The highest BCUT2D eigenvalue weighted by molar-refractivity contribution is 7.47. The van der Waals surface area contributed by atoms with Crippen LogP contribution in [0.1, 0.15) is 265 Å². The number of likely N-dealkylation sites (N-methyl/N-ethyl adjacent to an activating group) is 1. The maximum Gasteiger partial charge on any atom is 0.472 e. The van der Waals surface area contributed by atoms with Gasteiger partial charge in [0.15, 0.2) is 0 Å². The SMILES string of the molecule is CCCCC/C=C\C/C=C\C/C=C\C/C=C\CCCC(=O)OC(/C=C/CCCCCCCCCCCCC)C(COP(=O)(O)OCC[N+](C)(C)C)NC(=O)CCCCCCCCCCC/C=C\C/C=C\CCCCC. The molecule has 0 aromatic heterocycles. The summed E-state index contributed by atoms with van der Waals surface area (Å²) in [7, 11) is 1.46. The second-order valence-corrected chi connectivity index (χ2v) is 23.3. The van der Waals surface area contributed by atoms with Crippen LogP contribution in [-0.4, -0.2) is 74.3 Å². The van der Waals surface area contributed by atoms with Crippen molar-refractivity contribution in [3.63, 3.8) is 0 Å². The standard InChI is InChI=1S/C65H117N2O7P/c1-7-10-13-16-19-22-25-28-30-32-33-35-36-39-42-45-48-51-54-57-64(68)66-62(61-73-75(70,71)72-60-59-67(4,5)6)63(56-53-50-47-44-41-38-27-24-21-18-15-12-9-3)74-65(69)58-55-52-49-46-43-40-37-34-31-29-26-23-20-17-14-11-8-2/h19-20,22-23,28-31,37,40,46,49,53,56,62-63H,7-18,21,24-27,32-36,38-39,41-45,47-48,50-52,54-55,57-61H2,1-6H3,(H-,66,68,70,71)/p+1/b22-19-,23-20-,30-28-,31-29-,40-37-,49-46-,56-53+. The van der Waals surface area contributed by atoms with Crippen LogP contribution in [0, 0.1) is 0 Å². The van der Waals surface area contributed by atoms with Crippen LogP contribution in [0.5, 0.6) is 0 Å². The average Bonchev–Trinajstić information content (AvgIpc) is 3.37. The molecule has 1 amide bonds. The number of phosphoric acid groups is 1. The van der Waals surface area contributed by atoms with Gasteiger partial charge in [-0.3, -0.25) is 18.6 Å². The summed E-state index contributed by atoms with van der Waals surface area (Å²) in [5.74, 6) is -0.575. The second-order valence-electron chi connectivity index (χ2n) is 21.9. The quantitative estimate of drug-likeness (QED) is 0.0205. The Balaban J connectivity index is 5.39. The highest BCUT2D eigenvalue weighted by Crippen LogP contribution is 2.43. The first-order valence-electron chi connectivity index (χ1n) is 30.9. The van der Waals surface area contributed by atoms with E-state index in [1.54, 1.807) is 0 Å². The Hall–Kier alpha value is -2.81. The molecule has 0 radical (unpaired) electrons. The minimum Gasteiger partial charge on any atom is -0.456 e. The van der Waals surface area contributed by atoms with Gasteiger partial charge in [0, 0.05) is 12.8 Å². The number of allylic oxidation sites excluding steroid dienone is 13. The van der Waals surface area contributed by atoms with Crippen LogP contribution < -0.4 is 5.32 Å². The van der Waals surface area contributed by atoms with E-state index in [0.29, 0.717) is 23.9 Å². The summed E-state index contributed by atoms with van der Waals surface area (Å²) < 4.78 is 30.6. The molecule has 434 valence electrons. The van der Waals surface area contributed by atoms with Gasteiger partial charge in [-0.05, 0) is 102 Å². The fourth-order valence-electron chi connectivity index (χ4n) is 8.49. The van der Waals surface area contributed by atoms with E-state index in [4.69, 9.17) is 13.8 Å². The lowest BCUT2D eigenvalue weighted by molar-refractivity contribution is -0.870. The number of esters is 1. The van der Waals surface area contributed by atoms with E-state index >= 15 is 0 Å². The molecule has 2 N–H and O–H groups in total. The largest absolute Gasteiger partial charge is 0.472 e. The van der Waals surface area contributed by atoms with Crippen molar-refractivity contribution >= 4 is 19.7 Å². The Morgan fingerprint density at radius 1 is 0.467 bits per heavy atom. The molecule has 0 aromatic carbocycles. The minimum atomic E-state index is -4.46. The zero-order valence-corrected chi connectivity index (χ0v) is 50.4. The lowest BCUT2D eigenvalue weighted by atomic mass is 10.0. The number of hydrogen-bond donors (Lipinski definition) is 2. The molecule has 10 heteroatoms. The molecule has 9 nitrogen and oxygen atoms in total. The van der Waals surface area contributed by atoms with Crippen molar-refractivity contribution in [2.45, 2.75) is 277 Å². The third-order valence-electron chi connectivity index (χ3n) is 13.3. The molecule has 0 aliphatic heterocycles.